The lowest BCUT2D eigenvalue weighted by Gasteiger charge is -2.20. The van der Waals surface area contributed by atoms with Crippen LogP contribution in [0.1, 0.15) is 12.2 Å². The van der Waals surface area contributed by atoms with E-state index in [2.05, 4.69) is 10.1 Å². The molecule has 4 rings (SSSR count). The van der Waals surface area contributed by atoms with Crippen molar-refractivity contribution in [3.05, 3.63) is 66.7 Å². The maximum atomic E-state index is 12.8. The minimum absolute atomic E-state index is 0.156. The third-order valence-corrected chi connectivity index (χ3v) is 4.86. The fourth-order valence-corrected chi connectivity index (χ4v) is 3.39. The molecule has 0 unspecified atom stereocenters. The van der Waals surface area contributed by atoms with Crippen molar-refractivity contribution in [3.63, 3.8) is 0 Å². The standard InChI is InChI=1S/C21H20N4O3/c1-24(14-17-12-19(23-28-17)15-6-5-10-22-13-15)20(26)18-9-11-25(21(18)27)16-7-3-2-4-8-16/h2-8,10,12-13,18H,9,11,14H2,1H3/t18-/m1/s1. The second-order valence-electron chi connectivity index (χ2n) is 6.78. The molecule has 1 aliphatic rings. The highest BCUT2D eigenvalue weighted by molar-refractivity contribution is 6.09. The minimum Gasteiger partial charge on any atom is -0.359 e. The zero-order chi connectivity index (χ0) is 19.5. The van der Waals surface area contributed by atoms with Crippen molar-refractivity contribution in [2.24, 2.45) is 5.92 Å². The van der Waals surface area contributed by atoms with Crippen molar-refractivity contribution in [3.8, 4) is 11.3 Å². The van der Waals surface area contributed by atoms with Crippen molar-refractivity contribution >= 4 is 17.5 Å². The van der Waals surface area contributed by atoms with Crippen LogP contribution in [0.25, 0.3) is 11.3 Å². The molecule has 0 aliphatic carbocycles. The van der Waals surface area contributed by atoms with Gasteiger partial charge < -0.3 is 14.3 Å². The Morgan fingerprint density at radius 1 is 1.25 bits per heavy atom. The second kappa shape index (κ2) is 7.64. The molecule has 7 nitrogen and oxygen atoms in total. The number of hydrogen-bond acceptors (Lipinski definition) is 5. The first kappa shape index (κ1) is 17.9. The van der Waals surface area contributed by atoms with Crippen LogP contribution in [0, 0.1) is 5.92 Å². The molecular weight excluding hydrogens is 356 g/mol. The van der Waals surface area contributed by atoms with E-state index in [1.165, 1.54) is 4.90 Å². The summed E-state index contributed by atoms with van der Waals surface area (Å²) in [5.41, 5.74) is 2.33. The number of hydrogen-bond donors (Lipinski definition) is 0. The third-order valence-electron chi connectivity index (χ3n) is 4.86. The molecule has 0 N–H and O–H groups in total. The van der Waals surface area contributed by atoms with E-state index in [9.17, 15) is 9.59 Å². The number of nitrogens with zero attached hydrogens (tertiary/aromatic N) is 4. The van der Waals surface area contributed by atoms with Gasteiger partial charge in [0.15, 0.2) is 5.76 Å². The topological polar surface area (TPSA) is 79.5 Å². The molecule has 0 spiro atoms. The van der Waals surface area contributed by atoms with Gasteiger partial charge in [0, 0.05) is 43.3 Å². The van der Waals surface area contributed by atoms with Crippen LogP contribution in [-0.2, 0) is 16.1 Å². The summed E-state index contributed by atoms with van der Waals surface area (Å²) in [4.78, 5) is 32.8. The molecule has 1 saturated heterocycles. The van der Waals surface area contributed by atoms with Crippen molar-refractivity contribution in [2.45, 2.75) is 13.0 Å². The lowest BCUT2D eigenvalue weighted by molar-refractivity contribution is -0.139. The normalized spacial score (nSPS) is 16.4. The number of benzene rings is 1. The van der Waals surface area contributed by atoms with E-state index in [0.29, 0.717) is 24.4 Å². The van der Waals surface area contributed by atoms with Gasteiger partial charge in [0.1, 0.15) is 11.6 Å². The van der Waals surface area contributed by atoms with E-state index >= 15 is 0 Å². The molecule has 1 fully saturated rings. The highest BCUT2D eigenvalue weighted by Gasteiger charge is 2.39. The van der Waals surface area contributed by atoms with Gasteiger partial charge in [0.05, 0.1) is 6.54 Å². The SMILES string of the molecule is CN(Cc1cc(-c2cccnc2)no1)C(=O)[C@H]1CCN(c2ccccc2)C1=O. The van der Waals surface area contributed by atoms with Gasteiger partial charge in [0.25, 0.3) is 0 Å². The van der Waals surface area contributed by atoms with E-state index in [-0.39, 0.29) is 18.4 Å². The molecule has 1 aromatic carbocycles. The highest BCUT2D eigenvalue weighted by Crippen LogP contribution is 2.27. The molecule has 142 valence electrons. The van der Waals surface area contributed by atoms with Crippen LogP contribution in [0.4, 0.5) is 5.69 Å². The fourth-order valence-electron chi connectivity index (χ4n) is 3.39. The van der Waals surface area contributed by atoms with Crippen molar-refractivity contribution in [1.29, 1.82) is 0 Å². The average Bonchev–Trinajstić information content (AvgIpc) is 3.35. The van der Waals surface area contributed by atoms with E-state index in [4.69, 9.17) is 4.52 Å². The predicted molar refractivity (Wildman–Crippen MR) is 103 cm³/mol. The van der Waals surface area contributed by atoms with E-state index in [1.807, 2.05) is 42.5 Å². The van der Waals surface area contributed by atoms with Crippen molar-refractivity contribution in [1.82, 2.24) is 15.0 Å². The Labute approximate surface area is 162 Å². The average molecular weight is 376 g/mol. The zero-order valence-electron chi connectivity index (χ0n) is 15.5. The van der Waals surface area contributed by atoms with Crippen LogP contribution in [0.3, 0.4) is 0 Å². The van der Waals surface area contributed by atoms with Gasteiger partial charge in [-0.25, -0.2) is 0 Å². The molecule has 1 atom stereocenters. The third kappa shape index (κ3) is 3.51. The molecule has 28 heavy (non-hydrogen) atoms. The van der Waals surface area contributed by atoms with Crippen molar-refractivity contribution in [2.75, 3.05) is 18.5 Å². The quantitative estimate of drug-likeness (QED) is 0.640. The summed E-state index contributed by atoms with van der Waals surface area (Å²) >= 11 is 0. The Morgan fingerprint density at radius 3 is 2.82 bits per heavy atom. The molecule has 0 bridgehead atoms. The molecule has 2 aromatic heterocycles. The first-order valence-corrected chi connectivity index (χ1v) is 9.11. The Hall–Kier alpha value is -3.48. The van der Waals surface area contributed by atoms with Gasteiger partial charge in [-0.2, -0.15) is 0 Å². The van der Waals surface area contributed by atoms with Gasteiger partial charge in [-0.05, 0) is 30.7 Å². The number of carbonyl (C=O) groups is 2. The number of anilines is 1. The molecule has 1 aliphatic heterocycles. The lowest BCUT2D eigenvalue weighted by Crippen LogP contribution is -2.37. The van der Waals surface area contributed by atoms with Gasteiger partial charge in [-0.1, -0.05) is 23.4 Å². The Morgan fingerprint density at radius 2 is 2.07 bits per heavy atom. The summed E-state index contributed by atoms with van der Waals surface area (Å²) in [7, 11) is 1.67. The first-order chi connectivity index (χ1) is 13.6. The van der Waals surface area contributed by atoms with E-state index in [1.54, 1.807) is 30.4 Å². The lowest BCUT2D eigenvalue weighted by atomic mass is 10.1. The van der Waals surface area contributed by atoms with Gasteiger partial charge in [-0.3, -0.25) is 14.6 Å². The van der Waals surface area contributed by atoms with Crippen molar-refractivity contribution < 1.29 is 14.1 Å². The monoisotopic (exact) mass is 376 g/mol. The number of rotatable bonds is 5. The molecule has 0 saturated carbocycles. The van der Waals surface area contributed by atoms with E-state index < -0.39 is 5.92 Å². The summed E-state index contributed by atoms with van der Waals surface area (Å²) in [5, 5.41) is 4.03. The second-order valence-corrected chi connectivity index (χ2v) is 6.78. The molecule has 3 heterocycles. The number of pyridine rings is 1. The van der Waals surface area contributed by atoms with E-state index in [0.717, 1.165) is 11.3 Å². The maximum Gasteiger partial charge on any atom is 0.239 e. The van der Waals surface area contributed by atoms with Gasteiger partial charge in [-0.15, -0.1) is 0 Å². The number of amides is 2. The summed E-state index contributed by atoms with van der Waals surface area (Å²) in [6.07, 6.45) is 3.90. The fraction of sp³-hybridized carbons (Fsp3) is 0.238. The molecule has 2 amide bonds. The smallest absolute Gasteiger partial charge is 0.239 e. The minimum atomic E-state index is -0.661. The highest BCUT2D eigenvalue weighted by atomic mass is 16.5. The van der Waals surface area contributed by atoms with Gasteiger partial charge in [0.2, 0.25) is 11.8 Å². The summed E-state index contributed by atoms with van der Waals surface area (Å²) in [5.74, 6) is -0.467. The molecular formula is C21H20N4O3. The summed E-state index contributed by atoms with van der Waals surface area (Å²) < 4.78 is 5.35. The van der Waals surface area contributed by atoms with Crippen LogP contribution in [0.15, 0.2) is 65.4 Å². The Kier molecular flexibility index (Phi) is 4.89. The largest absolute Gasteiger partial charge is 0.359 e. The number of carbonyl (C=O) groups excluding carboxylic acids is 2. The van der Waals surface area contributed by atoms with Crippen LogP contribution in [-0.4, -0.2) is 40.4 Å². The number of aromatic nitrogens is 2. The first-order valence-electron chi connectivity index (χ1n) is 9.11. The Balaban J connectivity index is 1.42. The van der Waals surface area contributed by atoms with Crippen LogP contribution < -0.4 is 4.90 Å². The zero-order valence-corrected chi connectivity index (χ0v) is 15.5. The number of para-hydroxylation sites is 1. The Bertz CT molecular complexity index is 972. The van der Waals surface area contributed by atoms with Gasteiger partial charge >= 0.3 is 0 Å². The summed E-state index contributed by atoms with van der Waals surface area (Å²) in [6, 6.07) is 14.9. The maximum absolute atomic E-state index is 12.8. The molecule has 3 aromatic rings. The predicted octanol–water partition coefficient (Wildman–Crippen LogP) is 2.75. The summed E-state index contributed by atoms with van der Waals surface area (Å²) in [6.45, 7) is 0.793. The van der Waals surface area contributed by atoms with Crippen LogP contribution >= 0.6 is 0 Å². The molecule has 0 radical (unpaired) electrons. The molecule has 7 heteroatoms. The van der Waals surface area contributed by atoms with Crippen LogP contribution in [0.5, 0.6) is 0 Å². The van der Waals surface area contributed by atoms with Crippen LogP contribution in [0.2, 0.25) is 0 Å².